The Labute approximate surface area is 128 Å². The van der Waals surface area contributed by atoms with Gasteiger partial charge in [-0.25, -0.2) is 0 Å². The Morgan fingerprint density at radius 2 is 1.91 bits per heavy atom. The van der Waals surface area contributed by atoms with E-state index in [4.69, 9.17) is 0 Å². The van der Waals surface area contributed by atoms with Crippen LogP contribution in [0.4, 0.5) is 25.8 Å². The van der Waals surface area contributed by atoms with E-state index in [0.29, 0.717) is 6.07 Å². The Morgan fingerprint density at radius 1 is 1.22 bits per heavy atom. The van der Waals surface area contributed by atoms with Gasteiger partial charge in [0.15, 0.2) is 0 Å². The van der Waals surface area contributed by atoms with Crippen molar-refractivity contribution in [2.45, 2.75) is 13.1 Å². The van der Waals surface area contributed by atoms with Gasteiger partial charge in [0.2, 0.25) is 8.17 Å². The lowest BCUT2D eigenvalue weighted by molar-refractivity contribution is -0.137. The van der Waals surface area contributed by atoms with Gasteiger partial charge in [-0.15, -0.1) is 13.2 Å². The average Bonchev–Trinajstić information content (AvgIpc) is 2.35. The van der Waals surface area contributed by atoms with Gasteiger partial charge in [0, 0.05) is 0 Å². The summed E-state index contributed by atoms with van der Waals surface area (Å²) < 4.78 is 97.8. The van der Waals surface area contributed by atoms with Crippen molar-refractivity contribution in [3.05, 3.63) is 29.8 Å². The van der Waals surface area contributed by atoms with E-state index in [1.54, 1.807) is 0 Å². The summed E-state index contributed by atoms with van der Waals surface area (Å²) in [5.74, 6) is -0.595. The molecule has 0 N–H and O–H groups in total. The molecule has 5 nitrogen and oxygen atoms in total. The number of alkyl halides is 3. The maximum Gasteiger partial charge on any atom is 0.439 e. The largest absolute Gasteiger partial charge is 0.439 e. The predicted molar refractivity (Wildman–Crippen MR) is 76.5 cm³/mol. The zero-order valence-corrected chi connectivity index (χ0v) is 14.1. The van der Waals surface area contributed by atoms with Crippen LogP contribution in [0.5, 0.6) is 5.75 Å². The van der Waals surface area contributed by atoms with E-state index >= 15 is 0 Å². The number of rotatable bonds is 4. The van der Waals surface area contributed by atoms with Gasteiger partial charge in [-0.05, 0) is 25.1 Å². The van der Waals surface area contributed by atoms with E-state index in [1.807, 2.05) is 0 Å². The first-order valence-electron chi connectivity index (χ1n) is 5.98. The number of hydrogen-bond donors (Lipinski definition) is 0. The van der Waals surface area contributed by atoms with Gasteiger partial charge >= 0.3 is 21.7 Å². The van der Waals surface area contributed by atoms with Crippen molar-refractivity contribution in [2.75, 3.05) is 6.61 Å². The molecule has 0 bridgehead atoms. The van der Waals surface area contributed by atoms with Gasteiger partial charge in [0.1, 0.15) is 5.75 Å². The van der Waals surface area contributed by atoms with E-state index in [1.165, 1.54) is 6.92 Å². The van der Waals surface area contributed by atoms with Crippen LogP contribution < -0.4 is 4.52 Å². The molecule has 1 heterocycles. The molecule has 23 heavy (non-hydrogen) atoms. The minimum atomic E-state index is -4.86. The van der Waals surface area contributed by atoms with Gasteiger partial charge in [0.25, 0.3) is 0 Å². The molecule has 0 saturated carbocycles. The number of nitrogens with zero attached hydrogens (tertiary/aromatic N) is 3. The second kappa shape index (κ2) is 6.63. The van der Waals surface area contributed by atoms with Crippen molar-refractivity contribution in [2.24, 2.45) is 13.5 Å². The Balaban J connectivity index is 2.40. The average molecular weight is 399 g/mol. The Kier molecular flexibility index (Phi) is 5.36. The summed E-state index contributed by atoms with van der Waals surface area (Å²) in [6.45, 7) is 1.13. The number of benzene rings is 1. The molecule has 130 valence electrons. The summed E-state index contributed by atoms with van der Waals surface area (Å²) in [7, 11) is -13.1. The zero-order chi connectivity index (χ0) is 17.3. The molecule has 0 saturated heterocycles. The molecule has 0 spiro atoms. The molecule has 0 fully saturated rings. The van der Waals surface area contributed by atoms with Crippen LogP contribution in [0.2, 0.25) is 0 Å². The van der Waals surface area contributed by atoms with Crippen molar-refractivity contribution >= 4 is 23.7 Å². The molecular weight excluding hydrogens is 389 g/mol. The molecule has 14 heteroatoms. The third-order valence-electron chi connectivity index (χ3n) is 2.31. The van der Waals surface area contributed by atoms with Crippen molar-refractivity contribution in [3.8, 4) is 5.75 Å². The van der Waals surface area contributed by atoms with Crippen molar-refractivity contribution in [3.63, 3.8) is 0 Å². The number of halogens is 6. The molecule has 3 unspecified atom stereocenters. The lowest BCUT2D eigenvalue weighted by atomic mass is 10.2. The second-order valence-corrected chi connectivity index (χ2v) is 9.23. The first-order valence-corrected chi connectivity index (χ1v) is 10.3. The topological polar surface area (TPSA) is 55.5 Å². The fourth-order valence-electron chi connectivity index (χ4n) is 1.52. The van der Waals surface area contributed by atoms with E-state index in [-0.39, 0.29) is 6.61 Å². The third kappa shape index (κ3) is 4.86. The highest BCUT2D eigenvalue weighted by Gasteiger charge is 2.36. The maximum atomic E-state index is 14.5. The lowest BCUT2D eigenvalue weighted by Crippen LogP contribution is -2.04. The lowest BCUT2D eigenvalue weighted by Gasteiger charge is -2.19. The van der Waals surface area contributed by atoms with E-state index in [0.717, 1.165) is 18.2 Å². The highest BCUT2D eigenvalue weighted by molar-refractivity contribution is 7.74. The normalized spacial score (nSPS) is 30.8. The van der Waals surface area contributed by atoms with Crippen molar-refractivity contribution in [1.29, 1.82) is 0 Å². The van der Waals surface area contributed by atoms with Crippen LogP contribution in [0.3, 0.4) is 0 Å². The summed E-state index contributed by atoms with van der Waals surface area (Å²) in [5.41, 5.74) is -1.11. The Bertz CT molecular complexity index is 750. The standard InChI is InChI=1S/C9H10F6N3O2P3/c1-2-19-22(14)16-21(13)17-23(15,18-22)20-8-5-3-4-7(6-8)9(10,11)12/h3-6,21H,2H2,1H3. The number of hydrogen-bond acceptors (Lipinski definition) is 5. The summed E-state index contributed by atoms with van der Waals surface area (Å²) in [6.07, 6.45) is -4.69. The molecule has 0 amide bonds. The highest BCUT2D eigenvalue weighted by Crippen LogP contribution is 2.75. The second-order valence-electron chi connectivity index (χ2n) is 4.04. The molecule has 1 aliphatic heterocycles. The van der Waals surface area contributed by atoms with Crippen molar-refractivity contribution < 1.29 is 34.8 Å². The molecular formula is C9H10F6N3O2P3. The van der Waals surface area contributed by atoms with Gasteiger partial charge in [0.05, 0.1) is 12.2 Å². The van der Waals surface area contributed by atoms with Crippen LogP contribution in [-0.4, -0.2) is 6.61 Å². The first-order chi connectivity index (χ1) is 10.6. The van der Waals surface area contributed by atoms with E-state index in [9.17, 15) is 25.8 Å². The molecule has 1 aromatic rings. The summed E-state index contributed by atoms with van der Waals surface area (Å²) in [5, 5.41) is 0. The van der Waals surface area contributed by atoms with Crippen LogP contribution in [0.25, 0.3) is 0 Å². The first kappa shape index (κ1) is 18.6. The minimum absolute atomic E-state index is 0.240. The fraction of sp³-hybridized carbons (Fsp3) is 0.333. The molecule has 0 radical (unpaired) electrons. The zero-order valence-electron chi connectivity index (χ0n) is 11.3. The maximum absolute atomic E-state index is 14.5. The van der Waals surface area contributed by atoms with E-state index < -0.39 is 41.1 Å². The summed E-state index contributed by atoms with van der Waals surface area (Å²) in [6, 6.07) is 3.18. The molecule has 3 atom stereocenters. The smallest absolute Gasteiger partial charge is 0.419 e. The quantitative estimate of drug-likeness (QED) is 0.398. The molecule has 0 aromatic heterocycles. The molecule has 2 rings (SSSR count). The monoisotopic (exact) mass is 399 g/mol. The SMILES string of the molecule is CCOP1(F)=N[PH](F)=NP(F)(Oc2cccc(C(F)(F)F)c2)=N1. The van der Waals surface area contributed by atoms with Crippen LogP contribution in [0.15, 0.2) is 37.8 Å². The van der Waals surface area contributed by atoms with Crippen LogP contribution in [0.1, 0.15) is 12.5 Å². The molecule has 0 aliphatic carbocycles. The van der Waals surface area contributed by atoms with Gasteiger partial charge in [-0.2, -0.15) is 26.1 Å². The molecule has 1 aliphatic rings. The predicted octanol–water partition coefficient (Wildman–Crippen LogP) is 7.16. The summed E-state index contributed by atoms with van der Waals surface area (Å²) >= 11 is 0. The van der Waals surface area contributed by atoms with Crippen molar-refractivity contribution in [1.82, 2.24) is 0 Å². The Hall–Kier alpha value is -0.750. The van der Waals surface area contributed by atoms with Crippen LogP contribution in [-0.2, 0) is 10.7 Å². The third-order valence-corrected chi connectivity index (χ3v) is 8.40. The van der Waals surface area contributed by atoms with Crippen LogP contribution in [0, 0.1) is 0 Å². The highest BCUT2D eigenvalue weighted by atomic mass is 31.3. The van der Waals surface area contributed by atoms with Gasteiger partial charge in [-0.1, -0.05) is 6.07 Å². The molecule has 1 aromatic carbocycles. The van der Waals surface area contributed by atoms with Gasteiger partial charge < -0.3 is 9.05 Å². The fourth-order valence-corrected chi connectivity index (χ4v) is 7.25. The van der Waals surface area contributed by atoms with Crippen LogP contribution >= 0.6 is 23.7 Å². The van der Waals surface area contributed by atoms with Gasteiger partial charge in [-0.3, -0.25) is 0 Å². The summed E-state index contributed by atoms with van der Waals surface area (Å²) in [4.78, 5) is 0. The minimum Gasteiger partial charge on any atom is -0.419 e. The van der Waals surface area contributed by atoms with E-state index in [2.05, 4.69) is 22.6 Å². The Morgan fingerprint density at radius 3 is 2.52 bits per heavy atom.